The molecule has 1 aromatic carbocycles. The number of methoxy groups -OCH3 is 2. The molecule has 0 saturated carbocycles. The Morgan fingerprint density at radius 3 is 2.00 bits per heavy atom. The number of aryl methyl sites for hydroxylation is 1. The van der Waals surface area contributed by atoms with Gasteiger partial charge in [0.15, 0.2) is 11.5 Å². The van der Waals surface area contributed by atoms with Crippen molar-refractivity contribution in [2.75, 3.05) is 80.2 Å². The maximum absolute atomic E-state index is 13.0. The molecule has 0 unspecified atom stereocenters. The van der Waals surface area contributed by atoms with Gasteiger partial charge >= 0.3 is 5.63 Å². The molecule has 2 amide bonds. The minimum Gasteiger partial charge on any atom is -0.493 e. The summed E-state index contributed by atoms with van der Waals surface area (Å²) in [5, 5.41) is 0.706. The molecule has 0 atom stereocenters. The predicted molar refractivity (Wildman–Crippen MR) is 146 cm³/mol. The van der Waals surface area contributed by atoms with Crippen molar-refractivity contribution in [1.29, 1.82) is 0 Å². The molecule has 37 heavy (non-hydrogen) atoms. The molecule has 2 aliphatic heterocycles. The number of ether oxygens (including phenoxy) is 2. The van der Waals surface area contributed by atoms with Crippen LogP contribution in [0.5, 0.6) is 11.5 Å². The number of nitrogens with zero attached hydrogens (tertiary/aromatic N) is 4. The highest BCUT2D eigenvalue weighted by Crippen LogP contribution is 2.33. The molecule has 2 aromatic rings. The highest BCUT2D eigenvalue weighted by molar-refractivity contribution is 5.87. The summed E-state index contributed by atoms with van der Waals surface area (Å²) in [6.45, 7) is 7.84. The normalized spacial score (nSPS) is 16.6. The van der Waals surface area contributed by atoms with Crippen molar-refractivity contribution < 1.29 is 23.5 Å². The maximum atomic E-state index is 13.0. The Morgan fingerprint density at radius 1 is 0.865 bits per heavy atom. The van der Waals surface area contributed by atoms with Crippen LogP contribution in [0.1, 0.15) is 11.1 Å². The van der Waals surface area contributed by atoms with Crippen LogP contribution < -0.4 is 15.1 Å². The fourth-order valence-corrected chi connectivity index (χ4v) is 4.69. The summed E-state index contributed by atoms with van der Waals surface area (Å²) < 4.78 is 16.2. The molecule has 0 bridgehead atoms. The van der Waals surface area contributed by atoms with Crippen LogP contribution in [0.15, 0.2) is 21.3 Å². The van der Waals surface area contributed by atoms with Gasteiger partial charge in [0.2, 0.25) is 11.8 Å². The van der Waals surface area contributed by atoms with Gasteiger partial charge in [-0.15, -0.1) is 24.8 Å². The van der Waals surface area contributed by atoms with Gasteiger partial charge in [0.05, 0.1) is 32.7 Å². The highest BCUT2D eigenvalue weighted by Gasteiger charge is 2.27. The fraction of sp³-hybridized carbons (Fsp3) is 0.560. The number of hydrogen-bond acceptors (Lipinski definition) is 8. The van der Waals surface area contributed by atoms with E-state index in [-0.39, 0.29) is 43.0 Å². The number of hydrogen-bond donors (Lipinski definition) is 0. The number of likely N-dealkylation sites (N-methyl/N-ethyl adjacent to an activating group) is 1. The molecule has 1 aromatic heterocycles. The van der Waals surface area contributed by atoms with Crippen molar-refractivity contribution in [3.8, 4) is 11.5 Å². The van der Waals surface area contributed by atoms with Crippen LogP contribution in [-0.2, 0) is 16.0 Å². The van der Waals surface area contributed by atoms with Gasteiger partial charge in [-0.3, -0.25) is 14.5 Å². The summed E-state index contributed by atoms with van der Waals surface area (Å²) in [7, 11) is 5.13. The molecule has 4 rings (SSSR count). The first-order valence-corrected chi connectivity index (χ1v) is 12.0. The molecule has 0 aliphatic carbocycles. The summed E-state index contributed by atoms with van der Waals surface area (Å²) in [6.07, 6.45) is -0.0291. The molecule has 2 fully saturated rings. The lowest BCUT2D eigenvalue weighted by Gasteiger charge is -2.37. The van der Waals surface area contributed by atoms with Crippen molar-refractivity contribution in [1.82, 2.24) is 19.6 Å². The van der Waals surface area contributed by atoms with Crippen LogP contribution in [0, 0.1) is 6.92 Å². The minimum atomic E-state index is -0.521. The van der Waals surface area contributed by atoms with Gasteiger partial charge in [0, 0.05) is 63.8 Å². The molecule has 10 nitrogen and oxygen atoms in total. The molecule has 0 N–H and O–H groups in total. The monoisotopic (exact) mass is 558 g/mol. The molecular formula is C25H36Cl2N4O6. The summed E-state index contributed by atoms with van der Waals surface area (Å²) in [6, 6.07) is 3.38. The van der Waals surface area contributed by atoms with E-state index in [9.17, 15) is 14.4 Å². The average molecular weight is 559 g/mol. The second-order valence-corrected chi connectivity index (χ2v) is 9.21. The standard InChI is InChI=1S/C25H34N4O6.2ClH/c1-17-18-13-21(33-3)22(34-4)15-20(18)35-25(32)19(17)14-23(30)28-11-7-27(8-12-28)16-24(31)29-9-5-26(2)6-10-29;;/h13,15H,5-12,14,16H2,1-4H3;2*1H. The average Bonchev–Trinajstić information content (AvgIpc) is 2.86. The number of benzene rings is 1. The van der Waals surface area contributed by atoms with E-state index in [0.717, 1.165) is 26.2 Å². The number of halogens is 2. The summed E-state index contributed by atoms with van der Waals surface area (Å²) in [5.74, 6) is 1.02. The Labute approximate surface area is 229 Å². The number of rotatable bonds is 6. The predicted octanol–water partition coefficient (Wildman–Crippen LogP) is 1.42. The smallest absolute Gasteiger partial charge is 0.340 e. The summed E-state index contributed by atoms with van der Waals surface area (Å²) >= 11 is 0. The molecule has 3 heterocycles. The lowest BCUT2D eigenvalue weighted by Crippen LogP contribution is -2.54. The van der Waals surface area contributed by atoms with E-state index in [1.807, 2.05) is 11.8 Å². The largest absolute Gasteiger partial charge is 0.493 e. The van der Waals surface area contributed by atoms with Crippen molar-refractivity contribution in [3.63, 3.8) is 0 Å². The van der Waals surface area contributed by atoms with Crippen molar-refractivity contribution in [2.45, 2.75) is 13.3 Å². The molecule has 0 spiro atoms. The van der Waals surface area contributed by atoms with E-state index in [1.54, 1.807) is 24.1 Å². The van der Waals surface area contributed by atoms with Crippen LogP contribution in [0.2, 0.25) is 0 Å². The molecule has 2 saturated heterocycles. The Morgan fingerprint density at radius 2 is 1.41 bits per heavy atom. The van der Waals surface area contributed by atoms with Crippen LogP contribution in [0.25, 0.3) is 11.0 Å². The van der Waals surface area contributed by atoms with Gasteiger partial charge in [0.1, 0.15) is 5.58 Å². The third kappa shape index (κ3) is 6.87. The third-order valence-corrected chi connectivity index (χ3v) is 7.06. The van der Waals surface area contributed by atoms with Crippen molar-refractivity contribution >= 4 is 47.6 Å². The lowest BCUT2D eigenvalue weighted by molar-refractivity contribution is -0.135. The Bertz CT molecular complexity index is 1160. The summed E-state index contributed by atoms with van der Waals surface area (Å²) in [5.41, 5.74) is 0.913. The topological polar surface area (TPSA) is 95.8 Å². The minimum absolute atomic E-state index is 0. The number of piperazine rings is 2. The summed E-state index contributed by atoms with van der Waals surface area (Å²) in [4.78, 5) is 46.4. The lowest BCUT2D eigenvalue weighted by atomic mass is 10.0. The first kappa shape index (κ1) is 30.7. The fourth-order valence-electron chi connectivity index (χ4n) is 4.69. The van der Waals surface area contributed by atoms with Crippen LogP contribution in [-0.4, -0.2) is 112 Å². The zero-order valence-corrected chi connectivity index (χ0v) is 23.4. The van der Waals surface area contributed by atoms with Gasteiger partial charge < -0.3 is 28.6 Å². The number of carbonyl (C=O) groups is 2. The zero-order chi connectivity index (χ0) is 25.1. The number of fused-ring (bicyclic) bond motifs is 1. The van der Waals surface area contributed by atoms with E-state index in [2.05, 4.69) is 16.8 Å². The maximum Gasteiger partial charge on any atom is 0.340 e. The molecule has 2 aliphatic rings. The molecule has 12 heteroatoms. The molecular weight excluding hydrogens is 523 g/mol. The van der Waals surface area contributed by atoms with Gasteiger partial charge in [0.25, 0.3) is 0 Å². The van der Waals surface area contributed by atoms with Crippen LogP contribution in [0.4, 0.5) is 0 Å². The van der Waals surface area contributed by atoms with Crippen LogP contribution >= 0.6 is 24.8 Å². The number of amides is 2. The second-order valence-electron chi connectivity index (χ2n) is 9.21. The Kier molecular flexibility index (Phi) is 11.0. The third-order valence-electron chi connectivity index (χ3n) is 7.06. The first-order chi connectivity index (χ1) is 16.8. The van der Waals surface area contributed by atoms with Gasteiger partial charge in [-0.05, 0) is 25.6 Å². The zero-order valence-electron chi connectivity index (χ0n) is 21.8. The SMILES string of the molecule is COc1cc2oc(=O)c(CC(=O)N3CCN(CC(=O)N4CCN(C)CC4)CC3)c(C)c2cc1OC.Cl.Cl. The molecule has 0 radical (unpaired) electrons. The second kappa shape index (κ2) is 13.3. The van der Waals surface area contributed by atoms with E-state index >= 15 is 0 Å². The Hall–Kier alpha value is -2.53. The van der Waals surface area contributed by atoms with E-state index < -0.39 is 5.63 Å². The molecule has 206 valence electrons. The van der Waals surface area contributed by atoms with Crippen molar-refractivity contribution in [3.05, 3.63) is 33.7 Å². The van der Waals surface area contributed by atoms with Gasteiger partial charge in [-0.1, -0.05) is 0 Å². The first-order valence-electron chi connectivity index (χ1n) is 12.0. The van der Waals surface area contributed by atoms with Crippen molar-refractivity contribution in [2.24, 2.45) is 0 Å². The van der Waals surface area contributed by atoms with E-state index in [0.29, 0.717) is 66.3 Å². The highest BCUT2D eigenvalue weighted by atomic mass is 35.5. The van der Waals surface area contributed by atoms with Gasteiger partial charge in [-0.2, -0.15) is 0 Å². The van der Waals surface area contributed by atoms with E-state index in [4.69, 9.17) is 13.9 Å². The number of carbonyl (C=O) groups excluding carboxylic acids is 2. The van der Waals surface area contributed by atoms with Gasteiger partial charge in [-0.25, -0.2) is 4.79 Å². The quantitative estimate of drug-likeness (QED) is 0.491. The van der Waals surface area contributed by atoms with E-state index in [1.165, 1.54) is 7.11 Å². The Balaban J connectivity index is 0.00000241. The van der Waals surface area contributed by atoms with Crippen LogP contribution in [0.3, 0.4) is 0 Å².